The fourth-order valence-electron chi connectivity index (χ4n) is 1.60. The summed E-state index contributed by atoms with van der Waals surface area (Å²) in [6.07, 6.45) is 4.09. The third-order valence-corrected chi connectivity index (χ3v) is 2.35. The van der Waals surface area contributed by atoms with Gasteiger partial charge in [0.15, 0.2) is 0 Å². The number of hydrogen-bond acceptors (Lipinski definition) is 2. The molecule has 2 unspecified atom stereocenters. The topological polar surface area (TPSA) is 132 Å². The second kappa shape index (κ2) is 5.55. The minimum Gasteiger partial charge on any atom is -0.292 e. The Kier molecular flexibility index (Phi) is 4.08. The van der Waals surface area contributed by atoms with Gasteiger partial charge in [-0.15, -0.1) is 0 Å². The van der Waals surface area contributed by atoms with Crippen LogP contribution >= 0.6 is 0 Å². The molecule has 0 spiro atoms. The van der Waals surface area contributed by atoms with Gasteiger partial charge in [0.2, 0.25) is 11.8 Å². The average Bonchev–Trinajstić information content (AvgIpc) is 2.30. The molecule has 1 rings (SSSR count). The first kappa shape index (κ1) is 11.8. The molecule has 0 saturated heterocycles. The van der Waals surface area contributed by atoms with Crippen molar-refractivity contribution in [3.8, 4) is 0 Å². The zero-order valence-corrected chi connectivity index (χ0v) is 8.22. The lowest BCUT2D eigenvalue weighted by atomic mass is 9.82. The van der Waals surface area contributed by atoms with E-state index in [2.05, 4.69) is 20.1 Å². The highest BCUT2D eigenvalue weighted by Crippen LogP contribution is 2.28. The van der Waals surface area contributed by atoms with Crippen LogP contribution < -0.4 is 0 Å². The van der Waals surface area contributed by atoms with Crippen LogP contribution in [0.4, 0.5) is 0 Å². The molecule has 16 heavy (non-hydrogen) atoms. The largest absolute Gasteiger partial charge is 0.292 e. The van der Waals surface area contributed by atoms with Gasteiger partial charge in [-0.05, 0) is 34.1 Å². The van der Waals surface area contributed by atoms with Gasteiger partial charge in [0.1, 0.15) is 0 Å². The van der Waals surface area contributed by atoms with E-state index in [4.69, 9.17) is 11.1 Å². The Morgan fingerprint density at radius 2 is 1.38 bits per heavy atom. The molecule has 8 nitrogen and oxygen atoms in total. The van der Waals surface area contributed by atoms with E-state index in [1.54, 1.807) is 12.2 Å². The molecule has 0 heterocycles. The first-order valence-electron chi connectivity index (χ1n) is 4.53. The number of carbonyl (C=O) groups excluding carboxylic acids is 2. The van der Waals surface area contributed by atoms with Gasteiger partial charge in [0.25, 0.3) is 0 Å². The van der Waals surface area contributed by atoms with Crippen LogP contribution in [0.5, 0.6) is 0 Å². The van der Waals surface area contributed by atoms with Crippen molar-refractivity contribution >= 4 is 11.8 Å². The molecule has 0 fully saturated rings. The van der Waals surface area contributed by atoms with Crippen molar-refractivity contribution in [2.45, 2.75) is 12.8 Å². The Morgan fingerprint density at radius 1 is 1.00 bits per heavy atom. The summed E-state index contributed by atoms with van der Waals surface area (Å²) in [4.78, 5) is 27.5. The Balaban J connectivity index is 2.92. The Morgan fingerprint density at radius 3 is 1.69 bits per heavy atom. The second-order valence-corrected chi connectivity index (χ2v) is 3.21. The maximum Gasteiger partial charge on any atom is 0.223 e. The quantitative estimate of drug-likeness (QED) is 0.305. The minimum atomic E-state index is -0.723. The Hall–Kier alpha value is -2.30. The van der Waals surface area contributed by atoms with Gasteiger partial charge < -0.3 is 0 Å². The summed E-state index contributed by atoms with van der Waals surface area (Å²) in [5, 5.41) is 5.92. The van der Waals surface area contributed by atoms with Gasteiger partial charge in [0.05, 0.1) is 0 Å². The lowest BCUT2D eigenvalue weighted by Gasteiger charge is -2.22. The molecule has 0 radical (unpaired) electrons. The van der Waals surface area contributed by atoms with Crippen molar-refractivity contribution in [3.05, 3.63) is 33.0 Å². The third kappa shape index (κ3) is 2.60. The first-order valence-corrected chi connectivity index (χ1v) is 4.53. The summed E-state index contributed by atoms with van der Waals surface area (Å²) in [5.74, 6) is -2.84. The molecule has 2 amide bonds. The first-order chi connectivity index (χ1) is 7.70. The lowest BCUT2D eigenvalue weighted by Crippen LogP contribution is -2.29. The molecule has 0 bridgehead atoms. The van der Waals surface area contributed by atoms with Crippen molar-refractivity contribution in [3.63, 3.8) is 0 Å². The number of rotatable bonds is 2. The second-order valence-electron chi connectivity index (χ2n) is 3.21. The van der Waals surface area contributed by atoms with Gasteiger partial charge in [0, 0.05) is 21.7 Å². The van der Waals surface area contributed by atoms with Crippen molar-refractivity contribution in [2.24, 2.45) is 22.1 Å². The summed E-state index contributed by atoms with van der Waals surface area (Å²) in [6, 6.07) is 0. The molecule has 82 valence electrons. The molecular weight excluding hydrogens is 212 g/mol. The van der Waals surface area contributed by atoms with Crippen LogP contribution in [0, 0.1) is 11.8 Å². The summed E-state index contributed by atoms with van der Waals surface area (Å²) in [7, 11) is 0. The van der Waals surface area contributed by atoms with Crippen LogP contribution in [0.25, 0.3) is 20.9 Å². The van der Waals surface area contributed by atoms with E-state index in [-0.39, 0.29) is 0 Å². The van der Waals surface area contributed by atoms with Gasteiger partial charge in [-0.2, -0.15) is 0 Å². The number of nitrogens with zero attached hydrogens (tertiary/aromatic N) is 6. The Bertz CT molecular complexity index is 390. The van der Waals surface area contributed by atoms with E-state index < -0.39 is 23.7 Å². The minimum absolute atomic E-state index is 0.315. The van der Waals surface area contributed by atoms with Gasteiger partial charge in [-0.1, -0.05) is 12.2 Å². The summed E-state index contributed by atoms with van der Waals surface area (Å²) in [6.45, 7) is 0. The van der Waals surface area contributed by atoms with Crippen LogP contribution in [-0.4, -0.2) is 11.8 Å². The van der Waals surface area contributed by atoms with Crippen LogP contribution in [0.2, 0.25) is 0 Å². The van der Waals surface area contributed by atoms with Crippen LogP contribution in [0.3, 0.4) is 0 Å². The number of carbonyl (C=O) groups is 2. The van der Waals surface area contributed by atoms with Crippen LogP contribution in [-0.2, 0) is 9.59 Å². The van der Waals surface area contributed by atoms with Crippen molar-refractivity contribution in [2.75, 3.05) is 0 Å². The third-order valence-electron chi connectivity index (χ3n) is 2.35. The van der Waals surface area contributed by atoms with Gasteiger partial charge in [-0.3, -0.25) is 9.59 Å². The molecule has 0 aromatic rings. The van der Waals surface area contributed by atoms with E-state index >= 15 is 0 Å². The molecule has 0 saturated carbocycles. The van der Waals surface area contributed by atoms with E-state index in [9.17, 15) is 9.59 Å². The standard InChI is InChI=1S/C8H8N6O2/c9-13-11-7(15)5-3-1-2-4-6(5)8(16)12-14-10/h1-2,5-6H,3-4H2. The fraction of sp³-hybridized carbons (Fsp3) is 0.500. The molecular formula is C8H8N6O2. The van der Waals surface area contributed by atoms with E-state index in [0.29, 0.717) is 12.8 Å². The predicted octanol–water partition coefficient (Wildman–Crippen LogP) is 2.24. The molecule has 2 atom stereocenters. The normalized spacial score (nSPS) is 22.8. The van der Waals surface area contributed by atoms with E-state index in [1.807, 2.05) is 0 Å². The highest BCUT2D eigenvalue weighted by Gasteiger charge is 2.32. The maximum absolute atomic E-state index is 11.4. The molecule has 1 aliphatic rings. The number of hydrogen-bond donors (Lipinski definition) is 0. The average molecular weight is 220 g/mol. The lowest BCUT2D eigenvalue weighted by molar-refractivity contribution is -0.131. The molecule has 8 heteroatoms. The molecule has 0 aromatic carbocycles. The summed E-state index contributed by atoms with van der Waals surface area (Å²) < 4.78 is 0. The van der Waals surface area contributed by atoms with Crippen molar-refractivity contribution in [1.82, 2.24) is 0 Å². The van der Waals surface area contributed by atoms with E-state index in [0.717, 1.165) is 0 Å². The summed E-state index contributed by atoms with van der Waals surface area (Å²) >= 11 is 0. The number of amides is 2. The highest BCUT2D eigenvalue weighted by atomic mass is 16.2. The zero-order valence-electron chi connectivity index (χ0n) is 8.22. The van der Waals surface area contributed by atoms with Crippen molar-refractivity contribution in [1.29, 1.82) is 0 Å². The van der Waals surface area contributed by atoms with Crippen LogP contribution in [0.1, 0.15) is 12.8 Å². The van der Waals surface area contributed by atoms with Crippen LogP contribution in [0.15, 0.2) is 22.4 Å². The van der Waals surface area contributed by atoms with E-state index in [1.165, 1.54) is 0 Å². The van der Waals surface area contributed by atoms with Crippen molar-refractivity contribution < 1.29 is 9.59 Å². The van der Waals surface area contributed by atoms with Gasteiger partial charge >= 0.3 is 0 Å². The summed E-state index contributed by atoms with van der Waals surface area (Å²) in [5.41, 5.74) is 16.3. The number of allylic oxidation sites excluding steroid dienone is 2. The molecule has 0 aliphatic heterocycles. The SMILES string of the molecule is [N-]=[N+]=NC(=O)C1CC=CCC1C(=O)N=[N+]=[N-]. The smallest absolute Gasteiger partial charge is 0.223 e. The maximum atomic E-state index is 11.4. The zero-order chi connectivity index (χ0) is 12.0. The Labute approximate surface area is 90.2 Å². The fourth-order valence-corrected chi connectivity index (χ4v) is 1.60. The predicted molar refractivity (Wildman–Crippen MR) is 53.7 cm³/mol. The molecule has 0 aromatic heterocycles. The monoisotopic (exact) mass is 220 g/mol. The highest BCUT2D eigenvalue weighted by molar-refractivity contribution is 5.89. The van der Waals surface area contributed by atoms with Gasteiger partial charge in [-0.25, -0.2) is 0 Å². The molecule has 0 N–H and O–H groups in total. The number of azide groups is 2. The molecule has 1 aliphatic carbocycles.